The number of nitrogens with zero attached hydrogens (tertiary/aromatic N) is 5. The first-order valence-electron chi connectivity index (χ1n) is 12.3. The summed E-state index contributed by atoms with van der Waals surface area (Å²) in [5.41, 5.74) is 2.64. The standard InChI is InChI=1S/C30H30F2N5.Ir/c1-18-15-24(20-13-14-22-23(16-20)29(4,5)30(31,32)28(22,2)3)33-17-21(18)26-34-25(19-11-9-8-10-12-19)35-27(36-26)37(6)7;/h8-12,14-17H,1-7H3;/q-1;. The molecule has 0 N–H and O–H groups in total. The number of pyridine rings is 1. The van der Waals surface area contributed by atoms with Crippen LogP contribution < -0.4 is 4.90 Å². The summed E-state index contributed by atoms with van der Waals surface area (Å²) >= 11 is 0. The van der Waals surface area contributed by atoms with E-state index < -0.39 is 16.8 Å². The van der Waals surface area contributed by atoms with Crippen LogP contribution in [0.2, 0.25) is 0 Å². The first-order valence-corrected chi connectivity index (χ1v) is 12.3. The van der Waals surface area contributed by atoms with Crippen LogP contribution in [0.4, 0.5) is 14.7 Å². The fourth-order valence-corrected chi connectivity index (χ4v) is 5.13. The van der Waals surface area contributed by atoms with Crippen molar-refractivity contribution in [3.05, 3.63) is 77.5 Å². The number of hydrogen-bond donors (Lipinski definition) is 0. The minimum absolute atomic E-state index is 0. The number of fused-ring (bicyclic) bond motifs is 1. The second-order valence-corrected chi connectivity index (χ2v) is 10.9. The smallest absolute Gasteiger partial charge is 0.256 e. The van der Waals surface area contributed by atoms with Crippen molar-refractivity contribution in [1.82, 2.24) is 19.9 Å². The van der Waals surface area contributed by atoms with E-state index in [0.717, 1.165) is 16.7 Å². The Hall–Kier alpha value is -3.09. The second kappa shape index (κ2) is 9.58. The van der Waals surface area contributed by atoms with Crippen molar-refractivity contribution in [1.29, 1.82) is 0 Å². The van der Waals surface area contributed by atoms with Crippen LogP contribution in [0, 0.1) is 13.0 Å². The largest absolute Gasteiger partial charge is 0.347 e. The average Bonchev–Trinajstić information content (AvgIpc) is 2.98. The molecule has 2 aromatic carbocycles. The van der Waals surface area contributed by atoms with Crippen LogP contribution in [0.25, 0.3) is 34.0 Å². The number of hydrogen-bond acceptors (Lipinski definition) is 5. The molecule has 2 heterocycles. The predicted octanol–water partition coefficient (Wildman–Crippen LogP) is 6.64. The Labute approximate surface area is 236 Å². The minimum atomic E-state index is -2.89. The summed E-state index contributed by atoms with van der Waals surface area (Å²) in [5.74, 6) is -1.24. The van der Waals surface area contributed by atoms with E-state index in [1.807, 2.05) is 68.4 Å². The Morgan fingerprint density at radius 3 is 2.11 bits per heavy atom. The number of anilines is 1. The maximum absolute atomic E-state index is 15.3. The van der Waals surface area contributed by atoms with E-state index in [1.165, 1.54) is 0 Å². The zero-order valence-electron chi connectivity index (χ0n) is 22.5. The summed E-state index contributed by atoms with van der Waals surface area (Å²) in [4.78, 5) is 20.5. The van der Waals surface area contributed by atoms with Crippen molar-refractivity contribution >= 4 is 5.95 Å². The molecule has 199 valence electrons. The molecule has 38 heavy (non-hydrogen) atoms. The summed E-state index contributed by atoms with van der Waals surface area (Å²) in [6.07, 6.45) is 1.74. The molecule has 8 heteroatoms. The first kappa shape index (κ1) is 27.9. The first-order chi connectivity index (χ1) is 17.3. The van der Waals surface area contributed by atoms with Crippen molar-refractivity contribution in [2.24, 2.45) is 0 Å². The quantitative estimate of drug-likeness (QED) is 0.225. The van der Waals surface area contributed by atoms with Gasteiger partial charge in [-0.25, -0.2) is 13.8 Å². The van der Waals surface area contributed by atoms with E-state index in [4.69, 9.17) is 4.98 Å². The second-order valence-electron chi connectivity index (χ2n) is 10.9. The van der Waals surface area contributed by atoms with Crippen LogP contribution in [0.3, 0.4) is 0 Å². The fraction of sp³-hybridized carbons (Fsp3) is 0.333. The van der Waals surface area contributed by atoms with Crippen LogP contribution >= 0.6 is 0 Å². The molecule has 1 aliphatic carbocycles. The summed E-state index contributed by atoms with van der Waals surface area (Å²) < 4.78 is 30.6. The third kappa shape index (κ3) is 4.24. The van der Waals surface area contributed by atoms with E-state index in [-0.39, 0.29) is 20.1 Å². The molecule has 0 bridgehead atoms. The van der Waals surface area contributed by atoms with Crippen LogP contribution in [0.5, 0.6) is 0 Å². The number of aryl methyl sites for hydroxylation is 1. The maximum atomic E-state index is 15.3. The molecule has 5 rings (SSSR count). The molecular formula is C30H30F2IrN5-. The molecule has 0 atom stereocenters. The van der Waals surface area contributed by atoms with Gasteiger partial charge in [0, 0.05) is 62.4 Å². The molecule has 0 spiro atoms. The van der Waals surface area contributed by atoms with E-state index >= 15 is 8.78 Å². The normalized spacial score (nSPS) is 16.4. The molecule has 0 fully saturated rings. The third-order valence-corrected chi connectivity index (χ3v) is 7.55. The topological polar surface area (TPSA) is 54.8 Å². The average molecular weight is 691 g/mol. The molecule has 4 aromatic rings. The van der Waals surface area contributed by atoms with Gasteiger partial charge in [0.05, 0.1) is 0 Å². The molecule has 0 unspecified atom stereocenters. The monoisotopic (exact) mass is 691 g/mol. The minimum Gasteiger partial charge on any atom is -0.347 e. The predicted molar refractivity (Wildman–Crippen MR) is 143 cm³/mol. The molecule has 0 saturated carbocycles. The van der Waals surface area contributed by atoms with Gasteiger partial charge in [-0.05, 0) is 18.2 Å². The Balaban J connectivity index is 0.00000336. The zero-order valence-corrected chi connectivity index (χ0v) is 24.9. The number of alkyl halides is 2. The van der Waals surface area contributed by atoms with Crippen molar-refractivity contribution in [2.75, 3.05) is 19.0 Å². The molecule has 1 radical (unpaired) electrons. The molecular weight excluding hydrogens is 661 g/mol. The van der Waals surface area contributed by atoms with E-state index in [9.17, 15) is 0 Å². The van der Waals surface area contributed by atoms with Crippen molar-refractivity contribution in [2.45, 2.75) is 51.4 Å². The Morgan fingerprint density at radius 1 is 0.842 bits per heavy atom. The molecule has 0 saturated heterocycles. The maximum Gasteiger partial charge on any atom is 0.256 e. The molecule has 0 amide bonds. The summed E-state index contributed by atoms with van der Waals surface area (Å²) in [5, 5.41) is 0. The van der Waals surface area contributed by atoms with E-state index in [1.54, 1.807) is 40.0 Å². The van der Waals surface area contributed by atoms with Crippen LogP contribution in [-0.2, 0) is 30.9 Å². The third-order valence-electron chi connectivity index (χ3n) is 7.55. The molecule has 1 aliphatic rings. The van der Waals surface area contributed by atoms with Gasteiger partial charge in [0.2, 0.25) is 5.95 Å². The van der Waals surface area contributed by atoms with Gasteiger partial charge >= 0.3 is 0 Å². The van der Waals surface area contributed by atoms with Crippen molar-refractivity contribution in [3.8, 4) is 34.0 Å². The number of aromatic nitrogens is 4. The number of halogens is 2. The van der Waals surface area contributed by atoms with Gasteiger partial charge in [-0.1, -0.05) is 64.1 Å². The Kier molecular flexibility index (Phi) is 7.04. The molecule has 0 aliphatic heterocycles. The van der Waals surface area contributed by atoms with Crippen LogP contribution in [0.1, 0.15) is 44.4 Å². The van der Waals surface area contributed by atoms with Gasteiger partial charge in [0.15, 0.2) is 11.6 Å². The fourth-order valence-electron chi connectivity index (χ4n) is 5.13. The number of benzene rings is 2. The van der Waals surface area contributed by atoms with Crippen LogP contribution in [0.15, 0.2) is 54.7 Å². The van der Waals surface area contributed by atoms with Gasteiger partial charge in [0.1, 0.15) is 0 Å². The van der Waals surface area contributed by atoms with Gasteiger partial charge in [-0.2, -0.15) is 9.97 Å². The van der Waals surface area contributed by atoms with Crippen molar-refractivity contribution < 1.29 is 28.9 Å². The van der Waals surface area contributed by atoms with Crippen LogP contribution in [-0.4, -0.2) is 40.0 Å². The summed E-state index contributed by atoms with van der Waals surface area (Å²) in [6, 6.07) is 18.4. The van der Waals surface area contributed by atoms with Gasteiger partial charge in [-0.3, -0.25) is 0 Å². The molecule has 2 aromatic heterocycles. The Bertz CT molecular complexity index is 1500. The van der Waals surface area contributed by atoms with Gasteiger partial charge in [0.25, 0.3) is 5.92 Å². The molecule has 5 nitrogen and oxygen atoms in total. The summed E-state index contributed by atoms with van der Waals surface area (Å²) in [7, 11) is 3.77. The zero-order chi connectivity index (χ0) is 26.8. The van der Waals surface area contributed by atoms with E-state index in [0.29, 0.717) is 40.0 Å². The van der Waals surface area contributed by atoms with Crippen molar-refractivity contribution in [3.63, 3.8) is 0 Å². The van der Waals surface area contributed by atoms with Gasteiger partial charge in [-0.15, -0.1) is 34.9 Å². The summed E-state index contributed by atoms with van der Waals surface area (Å²) in [6.45, 7) is 8.40. The van der Waals surface area contributed by atoms with Gasteiger partial charge < -0.3 is 9.88 Å². The number of rotatable bonds is 4. The SMILES string of the molecule is Cc1cc(-c2[c-]cc3c(c2)C(C)(C)C(F)(F)C3(C)C)ncc1-c1nc(-c2ccccc2)nc(N(C)C)n1.[Ir]. The Morgan fingerprint density at radius 2 is 1.47 bits per heavy atom. The van der Waals surface area contributed by atoms with E-state index in [2.05, 4.69) is 21.0 Å².